The van der Waals surface area contributed by atoms with E-state index in [1.54, 1.807) is 46.9 Å². The van der Waals surface area contributed by atoms with Crippen LogP contribution in [0.1, 0.15) is 19.8 Å². The predicted octanol–water partition coefficient (Wildman–Crippen LogP) is 3.15. The highest BCUT2D eigenvalue weighted by Crippen LogP contribution is 2.24. The molecule has 4 rings (SSSR count). The predicted molar refractivity (Wildman–Crippen MR) is 109 cm³/mol. The first kappa shape index (κ1) is 20.8. The first-order valence-corrected chi connectivity index (χ1v) is 10.2. The van der Waals surface area contributed by atoms with Crippen molar-refractivity contribution < 1.29 is 23.2 Å². The van der Waals surface area contributed by atoms with E-state index in [9.17, 15) is 14.0 Å². The molecule has 0 N–H and O–H groups in total. The number of carbonyl (C=O) groups excluding carboxylic acids is 2. The third kappa shape index (κ3) is 4.65. The van der Waals surface area contributed by atoms with Crippen LogP contribution in [0.4, 0.5) is 4.39 Å². The molecule has 1 atom stereocenters. The van der Waals surface area contributed by atoms with E-state index in [1.807, 2.05) is 0 Å². The summed E-state index contributed by atoms with van der Waals surface area (Å²) in [4.78, 5) is 31.0. The van der Waals surface area contributed by atoms with E-state index in [4.69, 9.17) is 9.26 Å². The van der Waals surface area contributed by atoms with Crippen LogP contribution in [-0.2, 0) is 20.9 Å². The molecule has 1 amide bonds. The van der Waals surface area contributed by atoms with Gasteiger partial charge >= 0.3 is 5.97 Å². The minimum absolute atomic E-state index is 0.0894. The summed E-state index contributed by atoms with van der Waals surface area (Å²) in [5.74, 6) is -0.369. The Kier molecular flexibility index (Phi) is 6.11. The number of likely N-dealkylation sites (tertiary alicyclic amines) is 1. The fourth-order valence-corrected chi connectivity index (χ4v) is 3.69. The van der Waals surface area contributed by atoms with Gasteiger partial charge in [-0.05, 0) is 56.2 Å². The number of amides is 1. The topological polar surface area (TPSA) is 90.5 Å². The molecule has 1 unspecified atom stereocenters. The van der Waals surface area contributed by atoms with Gasteiger partial charge in [0.05, 0.1) is 12.5 Å². The number of rotatable bonds is 6. The first-order chi connectivity index (χ1) is 15.0. The Morgan fingerprint density at radius 2 is 2.06 bits per heavy atom. The Morgan fingerprint density at radius 1 is 1.26 bits per heavy atom. The van der Waals surface area contributed by atoms with Gasteiger partial charge in [0.25, 0.3) is 5.89 Å². The summed E-state index contributed by atoms with van der Waals surface area (Å²) < 4.78 is 25.4. The second-order valence-electron chi connectivity index (χ2n) is 7.38. The monoisotopic (exact) mass is 426 g/mol. The molecule has 9 heteroatoms. The minimum Gasteiger partial charge on any atom is -0.466 e. The molecule has 1 fully saturated rings. The number of ether oxygens (including phenoxy) is 1. The maximum absolute atomic E-state index is 13.1. The summed E-state index contributed by atoms with van der Waals surface area (Å²) in [5.41, 5.74) is 1.23. The number of halogens is 1. The normalized spacial score (nSPS) is 16.3. The Balaban J connectivity index is 1.46. The Hall–Kier alpha value is -3.49. The van der Waals surface area contributed by atoms with E-state index >= 15 is 0 Å². The molecule has 0 spiro atoms. The largest absolute Gasteiger partial charge is 0.466 e. The smallest absolute Gasteiger partial charge is 0.310 e. The minimum atomic E-state index is -0.345. The van der Waals surface area contributed by atoms with Gasteiger partial charge < -0.3 is 18.7 Å². The van der Waals surface area contributed by atoms with Crippen LogP contribution in [0.5, 0.6) is 0 Å². The highest BCUT2D eigenvalue weighted by molar-refractivity contribution is 5.79. The van der Waals surface area contributed by atoms with Crippen molar-refractivity contribution in [1.29, 1.82) is 0 Å². The van der Waals surface area contributed by atoms with Crippen molar-refractivity contribution in [2.24, 2.45) is 5.92 Å². The quantitative estimate of drug-likeness (QED) is 0.563. The summed E-state index contributed by atoms with van der Waals surface area (Å²) in [5, 5.41) is 3.96. The highest BCUT2D eigenvalue weighted by Gasteiger charge is 2.29. The lowest BCUT2D eigenvalue weighted by molar-refractivity contribution is -0.151. The molecule has 0 aliphatic carbocycles. The van der Waals surface area contributed by atoms with Gasteiger partial charge in [-0.1, -0.05) is 5.16 Å². The Labute approximate surface area is 178 Å². The molecule has 3 aromatic rings. The second kappa shape index (κ2) is 9.11. The third-order valence-corrected chi connectivity index (χ3v) is 5.28. The molecule has 31 heavy (non-hydrogen) atoms. The first-order valence-electron chi connectivity index (χ1n) is 10.2. The van der Waals surface area contributed by atoms with Gasteiger partial charge in [0.1, 0.15) is 18.1 Å². The molecule has 162 valence electrons. The second-order valence-corrected chi connectivity index (χ2v) is 7.38. The average molecular weight is 426 g/mol. The standard InChI is InChI=1S/C22H23FN4O4/c1-2-30-22(29)16-5-3-12-27(13-16)19(28)14-26-11-4-6-18(26)21-24-20(25-31-21)15-7-9-17(23)10-8-15/h4,6-11,16H,2-3,5,12-14H2,1H3. The van der Waals surface area contributed by atoms with Crippen LogP contribution >= 0.6 is 0 Å². The molecule has 1 saturated heterocycles. The van der Waals surface area contributed by atoms with Gasteiger partial charge in [0, 0.05) is 24.8 Å². The van der Waals surface area contributed by atoms with E-state index in [-0.39, 0.29) is 36.0 Å². The SMILES string of the molecule is CCOC(=O)C1CCCN(C(=O)Cn2cccc2-c2nc(-c3ccc(F)cc3)no2)C1. The molecular weight excluding hydrogens is 403 g/mol. The van der Waals surface area contributed by atoms with Gasteiger partial charge in [0.2, 0.25) is 11.7 Å². The van der Waals surface area contributed by atoms with Crippen molar-refractivity contribution in [1.82, 2.24) is 19.6 Å². The van der Waals surface area contributed by atoms with Crippen LogP contribution in [-0.4, -0.2) is 51.2 Å². The number of nitrogens with zero attached hydrogens (tertiary/aromatic N) is 4. The zero-order valence-electron chi connectivity index (χ0n) is 17.2. The molecule has 0 radical (unpaired) electrons. The van der Waals surface area contributed by atoms with Gasteiger partial charge in [-0.2, -0.15) is 4.98 Å². The summed E-state index contributed by atoms with van der Waals surface area (Å²) in [6.07, 6.45) is 3.26. The molecule has 1 aliphatic rings. The number of aromatic nitrogens is 3. The van der Waals surface area contributed by atoms with Crippen LogP contribution in [0, 0.1) is 11.7 Å². The summed E-state index contributed by atoms with van der Waals surface area (Å²) >= 11 is 0. The number of hydrogen-bond acceptors (Lipinski definition) is 6. The van der Waals surface area contributed by atoms with Gasteiger partial charge in [-0.3, -0.25) is 9.59 Å². The van der Waals surface area contributed by atoms with Crippen molar-refractivity contribution in [3.05, 3.63) is 48.4 Å². The lowest BCUT2D eigenvalue weighted by Gasteiger charge is -2.31. The van der Waals surface area contributed by atoms with Gasteiger partial charge in [-0.25, -0.2) is 4.39 Å². The van der Waals surface area contributed by atoms with Gasteiger partial charge in [-0.15, -0.1) is 0 Å². The van der Waals surface area contributed by atoms with Crippen molar-refractivity contribution in [3.8, 4) is 23.0 Å². The van der Waals surface area contributed by atoms with E-state index in [0.29, 0.717) is 36.8 Å². The van der Waals surface area contributed by atoms with Crippen molar-refractivity contribution in [2.75, 3.05) is 19.7 Å². The number of hydrogen-bond donors (Lipinski definition) is 0. The average Bonchev–Trinajstić information content (AvgIpc) is 3.44. The van der Waals surface area contributed by atoms with Crippen LogP contribution < -0.4 is 0 Å². The fourth-order valence-electron chi connectivity index (χ4n) is 3.69. The summed E-state index contributed by atoms with van der Waals surface area (Å²) in [6.45, 7) is 3.17. The number of esters is 1. The lowest BCUT2D eigenvalue weighted by Crippen LogP contribution is -2.44. The maximum atomic E-state index is 13.1. The number of carbonyl (C=O) groups is 2. The van der Waals surface area contributed by atoms with Crippen LogP contribution in [0.2, 0.25) is 0 Å². The van der Waals surface area contributed by atoms with Crippen LogP contribution in [0.25, 0.3) is 23.0 Å². The summed E-state index contributed by atoms with van der Waals surface area (Å²) in [6, 6.07) is 9.38. The van der Waals surface area contributed by atoms with Crippen molar-refractivity contribution >= 4 is 11.9 Å². The molecule has 2 aromatic heterocycles. The summed E-state index contributed by atoms with van der Waals surface area (Å²) in [7, 11) is 0. The zero-order chi connectivity index (χ0) is 21.8. The van der Waals surface area contributed by atoms with Crippen molar-refractivity contribution in [3.63, 3.8) is 0 Å². The molecular formula is C22H23FN4O4. The lowest BCUT2D eigenvalue weighted by atomic mass is 9.98. The molecule has 0 bridgehead atoms. The Bertz CT molecular complexity index is 1060. The van der Waals surface area contributed by atoms with E-state index in [0.717, 1.165) is 12.8 Å². The third-order valence-electron chi connectivity index (χ3n) is 5.28. The number of piperidine rings is 1. The Morgan fingerprint density at radius 3 is 2.84 bits per heavy atom. The van der Waals surface area contributed by atoms with E-state index < -0.39 is 0 Å². The van der Waals surface area contributed by atoms with Crippen LogP contribution in [0.3, 0.4) is 0 Å². The fraction of sp³-hybridized carbons (Fsp3) is 0.364. The van der Waals surface area contributed by atoms with Crippen LogP contribution in [0.15, 0.2) is 47.1 Å². The van der Waals surface area contributed by atoms with E-state index in [2.05, 4.69) is 10.1 Å². The van der Waals surface area contributed by atoms with Crippen molar-refractivity contribution in [2.45, 2.75) is 26.3 Å². The molecule has 3 heterocycles. The highest BCUT2D eigenvalue weighted by atomic mass is 19.1. The molecule has 1 aromatic carbocycles. The van der Waals surface area contributed by atoms with Gasteiger partial charge in [0.15, 0.2) is 0 Å². The maximum Gasteiger partial charge on any atom is 0.310 e. The van der Waals surface area contributed by atoms with E-state index in [1.165, 1.54) is 12.1 Å². The molecule has 1 aliphatic heterocycles. The number of benzene rings is 1. The molecule has 0 saturated carbocycles. The zero-order valence-corrected chi connectivity index (χ0v) is 17.2. The molecule has 8 nitrogen and oxygen atoms in total.